The van der Waals surface area contributed by atoms with Gasteiger partial charge in [-0.1, -0.05) is 18.2 Å². The van der Waals surface area contributed by atoms with Gasteiger partial charge in [0.15, 0.2) is 0 Å². The van der Waals surface area contributed by atoms with E-state index >= 15 is 0 Å². The van der Waals surface area contributed by atoms with Crippen LogP contribution in [0.25, 0.3) is 0 Å². The molecule has 2 aliphatic rings. The fraction of sp³-hybridized carbons (Fsp3) is 0.562. The van der Waals surface area contributed by atoms with Gasteiger partial charge in [-0.2, -0.15) is 0 Å². The zero-order valence-corrected chi connectivity index (χ0v) is 12.1. The van der Waals surface area contributed by atoms with Gasteiger partial charge >= 0.3 is 0 Å². The first kappa shape index (κ1) is 14.4. The number of rotatable bonds is 4. The molecule has 5 heteroatoms. The number of aliphatic hydroxyl groups is 1. The number of nitrogens with zero attached hydrogens (tertiary/aromatic N) is 1. The molecule has 21 heavy (non-hydrogen) atoms. The smallest absolute Gasteiger partial charge is 0.234 e. The Morgan fingerprint density at radius 2 is 2.29 bits per heavy atom. The normalized spacial score (nSPS) is 25.2. The molecule has 0 radical (unpaired) electrons. The van der Waals surface area contributed by atoms with Crippen molar-refractivity contribution in [2.75, 3.05) is 26.2 Å². The van der Waals surface area contributed by atoms with Crippen molar-refractivity contribution in [3.05, 3.63) is 29.8 Å². The van der Waals surface area contributed by atoms with Crippen LogP contribution in [0.2, 0.25) is 0 Å². The molecule has 2 aliphatic heterocycles. The summed E-state index contributed by atoms with van der Waals surface area (Å²) in [6, 6.07) is 7.99. The number of likely N-dealkylation sites (tertiary alicyclic amines) is 1. The molecule has 1 saturated heterocycles. The lowest BCUT2D eigenvalue weighted by Gasteiger charge is -2.29. The van der Waals surface area contributed by atoms with Crippen molar-refractivity contribution in [3.8, 4) is 5.75 Å². The number of para-hydroxylation sites is 1. The molecule has 0 spiro atoms. The molecule has 1 aromatic carbocycles. The third-order valence-corrected chi connectivity index (χ3v) is 4.09. The van der Waals surface area contributed by atoms with E-state index < -0.39 is 0 Å². The number of ether oxygens (including phenoxy) is 1. The van der Waals surface area contributed by atoms with E-state index in [4.69, 9.17) is 4.74 Å². The molecule has 2 N–H and O–H groups in total. The predicted molar refractivity (Wildman–Crippen MR) is 79.3 cm³/mol. The van der Waals surface area contributed by atoms with Crippen molar-refractivity contribution < 1.29 is 14.6 Å². The summed E-state index contributed by atoms with van der Waals surface area (Å²) in [6.07, 6.45) is 2.37. The summed E-state index contributed by atoms with van der Waals surface area (Å²) in [6.45, 7) is 2.37. The number of hydrogen-bond acceptors (Lipinski definition) is 4. The molecule has 2 heterocycles. The Morgan fingerprint density at radius 1 is 1.43 bits per heavy atom. The Morgan fingerprint density at radius 3 is 3.10 bits per heavy atom. The number of carbonyl (C=O) groups is 1. The van der Waals surface area contributed by atoms with Crippen LogP contribution in [0.4, 0.5) is 0 Å². The number of piperidine rings is 1. The lowest BCUT2D eigenvalue weighted by atomic mass is 10.1. The van der Waals surface area contributed by atoms with Crippen molar-refractivity contribution in [1.82, 2.24) is 10.2 Å². The topological polar surface area (TPSA) is 61.8 Å². The first-order valence-electron chi connectivity index (χ1n) is 7.62. The highest BCUT2D eigenvalue weighted by Crippen LogP contribution is 2.27. The summed E-state index contributed by atoms with van der Waals surface area (Å²) in [5.74, 6) is 0.930. The van der Waals surface area contributed by atoms with E-state index in [2.05, 4.69) is 11.4 Å². The van der Waals surface area contributed by atoms with E-state index in [1.807, 2.05) is 23.1 Å². The fourth-order valence-electron chi connectivity index (χ4n) is 3.03. The lowest BCUT2D eigenvalue weighted by molar-refractivity contribution is -0.123. The largest absolute Gasteiger partial charge is 0.488 e. The standard InChI is InChI=1S/C16H22N2O3/c19-13-5-3-7-18(10-13)11-16(20)17-9-14-8-12-4-1-2-6-15(12)21-14/h1-2,4,6,13-14,19H,3,5,7-11H2,(H,17,20). The van der Waals surface area contributed by atoms with Gasteiger partial charge in [0.25, 0.3) is 0 Å². The number of carbonyl (C=O) groups excluding carboxylic acids is 1. The van der Waals surface area contributed by atoms with Gasteiger partial charge in [-0.3, -0.25) is 9.69 Å². The van der Waals surface area contributed by atoms with Gasteiger partial charge in [0.2, 0.25) is 5.91 Å². The molecular weight excluding hydrogens is 268 g/mol. The molecule has 3 rings (SSSR count). The molecule has 1 fully saturated rings. The summed E-state index contributed by atoms with van der Waals surface area (Å²) in [5, 5.41) is 12.5. The van der Waals surface area contributed by atoms with Crippen molar-refractivity contribution in [2.45, 2.75) is 31.5 Å². The minimum atomic E-state index is -0.292. The molecular formula is C16H22N2O3. The molecule has 0 bridgehead atoms. The van der Waals surface area contributed by atoms with Gasteiger partial charge in [-0.25, -0.2) is 0 Å². The van der Waals surface area contributed by atoms with E-state index in [9.17, 15) is 9.90 Å². The molecule has 0 aliphatic carbocycles. The average Bonchev–Trinajstić information content (AvgIpc) is 2.88. The molecule has 0 aromatic heterocycles. The SMILES string of the molecule is O=C(CN1CCCC(O)C1)NCC1Cc2ccccc2O1. The molecule has 0 saturated carbocycles. The van der Waals surface area contributed by atoms with Crippen LogP contribution >= 0.6 is 0 Å². The van der Waals surface area contributed by atoms with Crippen LogP contribution < -0.4 is 10.1 Å². The number of hydrogen-bond donors (Lipinski definition) is 2. The molecule has 1 amide bonds. The van der Waals surface area contributed by atoms with E-state index in [0.717, 1.165) is 31.6 Å². The van der Waals surface area contributed by atoms with Crippen molar-refractivity contribution >= 4 is 5.91 Å². The average molecular weight is 290 g/mol. The predicted octanol–water partition coefficient (Wildman–Crippen LogP) is 0.563. The zero-order chi connectivity index (χ0) is 14.7. The Balaban J connectivity index is 1.41. The molecule has 1 aromatic rings. The Labute approximate surface area is 124 Å². The van der Waals surface area contributed by atoms with Gasteiger partial charge in [0.05, 0.1) is 19.2 Å². The third-order valence-electron chi connectivity index (χ3n) is 4.09. The van der Waals surface area contributed by atoms with Crippen molar-refractivity contribution in [3.63, 3.8) is 0 Å². The Kier molecular flexibility index (Phi) is 4.41. The van der Waals surface area contributed by atoms with Crippen LogP contribution in [-0.2, 0) is 11.2 Å². The van der Waals surface area contributed by atoms with E-state index in [1.165, 1.54) is 5.56 Å². The Hall–Kier alpha value is -1.59. The number of amides is 1. The number of benzene rings is 1. The second-order valence-corrected chi connectivity index (χ2v) is 5.89. The first-order valence-corrected chi connectivity index (χ1v) is 7.62. The number of nitrogens with one attached hydrogen (secondary N) is 1. The summed E-state index contributed by atoms with van der Waals surface area (Å²) < 4.78 is 5.80. The molecule has 2 unspecified atom stereocenters. The Bertz CT molecular complexity index is 481. The number of β-amino-alcohol motifs (C(OH)–C–C–N with tert-alkyl or cyclic N) is 1. The summed E-state index contributed by atoms with van der Waals surface area (Å²) in [4.78, 5) is 14.0. The highest BCUT2D eigenvalue weighted by Gasteiger charge is 2.24. The van der Waals surface area contributed by atoms with E-state index in [0.29, 0.717) is 19.6 Å². The van der Waals surface area contributed by atoms with E-state index in [-0.39, 0.29) is 18.1 Å². The molecule has 2 atom stereocenters. The van der Waals surface area contributed by atoms with Crippen LogP contribution in [0.1, 0.15) is 18.4 Å². The van der Waals surface area contributed by atoms with Gasteiger partial charge in [-0.05, 0) is 31.0 Å². The zero-order valence-electron chi connectivity index (χ0n) is 12.1. The first-order chi connectivity index (χ1) is 10.2. The van der Waals surface area contributed by atoms with Crippen LogP contribution in [0.15, 0.2) is 24.3 Å². The number of fused-ring (bicyclic) bond motifs is 1. The number of aliphatic hydroxyl groups excluding tert-OH is 1. The molecule has 114 valence electrons. The van der Waals surface area contributed by atoms with Gasteiger partial charge < -0.3 is 15.2 Å². The second-order valence-electron chi connectivity index (χ2n) is 5.89. The van der Waals surface area contributed by atoms with Crippen molar-refractivity contribution in [2.24, 2.45) is 0 Å². The maximum absolute atomic E-state index is 12.0. The van der Waals surface area contributed by atoms with Gasteiger partial charge in [-0.15, -0.1) is 0 Å². The van der Waals surface area contributed by atoms with E-state index in [1.54, 1.807) is 0 Å². The summed E-state index contributed by atoms with van der Waals surface area (Å²) in [5.41, 5.74) is 1.20. The molecule has 5 nitrogen and oxygen atoms in total. The lowest BCUT2D eigenvalue weighted by Crippen LogP contribution is -2.45. The fourth-order valence-corrected chi connectivity index (χ4v) is 3.03. The minimum absolute atomic E-state index is 0.00339. The summed E-state index contributed by atoms with van der Waals surface area (Å²) >= 11 is 0. The second kappa shape index (κ2) is 6.45. The van der Waals surface area contributed by atoms with Gasteiger partial charge in [0.1, 0.15) is 11.9 Å². The third kappa shape index (κ3) is 3.74. The quantitative estimate of drug-likeness (QED) is 0.851. The van der Waals surface area contributed by atoms with Gasteiger partial charge in [0, 0.05) is 13.0 Å². The maximum atomic E-state index is 12.0. The van der Waals surface area contributed by atoms with Crippen LogP contribution in [-0.4, -0.2) is 54.3 Å². The highest BCUT2D eigenvalue weighted by molar-refractivity contribution is 5.78. The highest BCUT2D eigenvalue weighted by atomic mass is 16.5. The van der Waals surface area contributed by atoms with Crippen molar-refractivity contribution in [1.29, 1.82) is 0 Å². The van der Waals surface area contributed by atoms with Crippen LogP contribution in [0.5, 0.6) is 5.75 Å². The minimum Gasteiger partial charge on any atom is -0.488 e. The van der Waals surface area contributed by atoms with Crippen LogP contribution in [0, 0.1) is 0 Å². The summed E-state index contributed by atoms with van der Waals surface area (Å²) in [7, 11) is 0. The van der Waals surface area contributed by atoms with Crippen LogP contribution in [0.3, 0.4) is 0 Å². The monoisotopic (exact) mass is 290 g/mol. The maximum Gasteiger partial charge on any atom is 0.234 e.